The van der Waals surface area contributed by atoms with E-state index in [9.17, 15) is 9.59 Å². The fourth-order valence-electron chi connectivity index (χ4n) is 4.95. The summed E-state index contributed by atoms with van der Waals surface area (Å²) >= 11 is 1.74. The van der Waals surface area contributed by atoms with Gasteiger partial charge in [-0.2, -0.15) is 0 Å². The lowest BCUT2D eigenvalue weighted by molar-refractivity contribution is -0.132. The molecule has 5 nitrogen and oxygen atoms in total. The van der Waals surface area contributed by atoms with E-state index in [0.29, 0.717) is 17.3 Å². The van der Waals surface area contributed by atoms with Crippen molar-refractivity contribution in [3.63, 3.8) is 0 Å². The van der Waals surface area contributed by atoms with E-state index in [2.05, 4.69) is 6.07 Å². The maximum Gasteiger partial charge on any atom is 0.242 e. The van der Waals surface area contributed by atoms with Crippen molar-refractivity contribution in [2.24, 2.45) is 0 Å². The minimum absolute atomic E-state index is 0.0128. The molecule has 3 aromatic carbocycles. The standard InChI is InChI=1S/C27H23N3O2S/c31-25(29-15-7-8-18(16-29)27-28-21-11-3-6-14-24(21)33-27)17-30-22-12-4-1-9-19(22)26(32)20-10-2-5-13-23(20)30/h1-6,9-14,18H,7-8,15-17H2. The highest BCUT2D eigenvalue weighted by molar-refractivity contribution is 7.18. The fraction of sp³-hybridized carbons (Fsp3) is 0.222. The first-order valence-electron chi connectivity index (χ1n) is 11.3. The van der Waals surface area contributed by atoms with Crippen LogP contribution in [0.15, 0.2) is 77.6 Å². The Hall–Kier alpha value is -3.51. The number of nitrogens with zero attached hydrogens (tertiary/aromatic N) is 3. The van der Waals surface area contributed by atoms with Crippen LogP contribution in [0, 0.1) is 0 Å². The maximum absolute atomic E-state index is 13.5. The van der Waals surface area contributed by atoms with Crippen LogP contribution in [0.4, 0.5) is 0 Å². The first-order chi connectivity index (χ1) is 16.2. The molecule has 3 heterocycles. The number of likely N-dealkylation sites (tertiary alicyclic amines) is 1. The van der Waals surface area contributed by atoms with Gasteiger partial charge in [0.05, 0.1) is 26.3 Å². The number of benzene rings is 3. The number of hydrogen-bond acceptors (Lipinski definition) is 4. The summed E-state index contributed by atoms with van der Waals surface area (Å²) in [4.78, 5) is 33.3. The van der Waals surface area contributed by atoms with Gasteiger partial charge in [-0.05, 0) is 49.2 Å². The Morgan fingerprint density at radius 3 is 2.33 bits per heavy atom. The van der Waals surface area contributed by atoms with Gasteiger partial charge in [0.15, 0.2) is 5.43 Å². The van der Waals surface area contributed by atoms with E-state index in [1.807, 2.05) is 76.2 Å². The number of thiazole rings is 1. The summed E-state index contributed by atoms with van der Waals surface area (Å²) in [6.45, 7) is 1.67. The predicted octanol–water partition coefficient (Wildman–Crippen LogP) is 5.17. The molecular formula is C27H23N3O2S. The van der Waals surface area contributed by atoms with Gasteiger partial charge in [0, 0.05) is 29.8 Å². The largest absolute Gasteiger partial charge is 0.340 e. The van der Waals surface area contributed by atoms with Crippen LogP contribution in [-0.2, 0) is 11.3 Å². The SMILES string of the molecule is O=C(Cn1c2ccccc2c(=O)c2ccccc21)N1CCCC(c2nc3ccccc3s2)C1. The number of para-hydroxylation sites is 3. The molecule has 6 heteroatoms. The third kappa shape index (κ3) is 3.51. The van der Waals surface area contributed by atoms with Crippen molar-refractivity contribution in [2.45, 2.75) is 25.3 Å². The summed E-state index contributed by atoms with van der Waals surface area (Å²) in [5, 5.41) is 2.41. The van der Waals surface area contributed by atoms with Crippen molar-refractivity contribution in [2.75, 3.05) is 13.1 Å². The fourth-order valence-corrected chi connectivity index (χ4v) is 6.05. The van der Waals surface area contributed by atoms with E-state index in [4.69, 9.17) is 4.98 Å². The summed E-state index contributed by atoms with van der Waals surface area (Å²) < 4.78 is 3.19. The highest BCUT2D eigenvalue weighted by Gasteiger charge is 2.27. The van der Waals surface area contributed by atoms with E-state index in [-0.39, 0.29) is 23.8 Å². The first kappa shape index (κ1) is 20.1. The minimum atomic E-state index is 0.0128. The molecule has 0 radical (unpaired) electrons. The third-order valence-electron chi connectivity index (χ3n) is 6.61. The molecule has 5 aromatic rings. The molecular weight excluding hydrogens is 430 g/mol. The Balaban J connectivity index is 1.33. The van der Waals surface area contributed by atoms with E-state index in [1.165, 1.54) is 4.70 Å². The van der Waals surface area contributed by atoms with Crippen molar-refractivity contribution < 1.29 is 4.79 Å². The van der Waals surface area contributed by atoms with Crippen LogP contribution < -0.4 is 5.43 Å². The van der Waals surface area contributed by atoms with Crippen LogP contribution in [0.5, 0.6) is 0 Å². The number of fused-ring (bicyclic) bond motifs is 3. The number of piperidine rings is 1. The average molecular weight is 454 g/mol. The van der Waals surface area contributed by atoms with Crippen molar-refractivity contribution in [1.29, 1.82) is 0 Å². The monoisotopic (exact) mass is 453 g/mol. The minimum Gasteiger partial charge on any atom is -0.340 e. The van der Waals surface area contributed by atoms with Gasteiger partial charge < -0.3 is 9.47 Å². The van der Waals surface area contributed by atoms with Crippen LogP contribution in [0.1, 0.15) is 23.8 Å². The van der Waals surface area contributed by atoms with Crippen LogP contribution in [0.25, 0.3) is 32.0 Å². The normalized spacial score (nSPS) is 16.6. The molecule has 1 aliphatic rings. The second-order valence-electron chi connectivity index (χ2n) is 8.65. The zero-order valence-electron chi connectivity index (χ0n) is 18.1. The third-order valence-corrected chi connectivity index (χ3v) is 7.80. The highest BCUT2D eigenvalue weighted by Crippen LogP contribution is 2.33. The molecule has 1 saturated heterocycles. The Bertz CT molecular complexity index is 1480. The molecule has 0 aliphatic carbocycles. The smallest absolute Gasteiger partial charge is 0.242 e. The van der Waals surface area contributed by atoms with E-state index >= 15 is 0 Å². The number of aromatic nitrogens is 2. The molecule has 2 aromatic heterocycles. The number of rotatable bonds is 3. The Morgan fingerprint density at radius 2 is 1.61 bits per heavy atom. The highest BCUT2D eigenvalue weighted by atomic mass is 32.1. The van der Waals surface area contributed by atoms with Gasteiger partial charge in [-0.3, -0.25) is 9.59 Å². The number of carbonyl (C=O) groups is 1. The lowest BCUT2D eigenvalue weighted by atomic mass is 9.98. The molecule has 164 valence electrons. The van der Waals surface area contributed by atoms with Crippen molar-refractivity contribution in [3.8, 4) is 0 Å². The van der Waals surface area contributed by atoms with E-state index < -0.39 is 0 Å². The molecule has 1 unspecified atom stereocenters. The van der Waals surface area contributed by atoms with Crippen LogP contribution >= 0.6 is 11.3 Å². The topological polar surface area (TPSA) is 55.2 Å². The molecule has 1 aliphatic heterocycles. The van der Waals surface area contributed by atoms with Gasteiger partial charge in [0.1, 0.15) is 6.54 Å². The predicted molar refractivity (Wildman–Crippen MR) is 134 cm³/mol. The Kier molecular flexibility index (Phi) is 4.95. The van der Waals surface area contributed by atoms with Gasteiger partial charge in [-0.1, -0.05) is 36.4 Å². The molecule has 1 amide bonds. The molecule has 1 fully saturated rings. The summed E-state index contributed by atoms with van der Waals surface area (Å²) in [6.07, 6.45) is 2.02. The first-order valence-corrected chi connectivity index (χ1v) is 12.1. The van der Waals surface area contributed by atoms with E-state index in [1.54, 1.807) is 11.3 Å². The van der Waals surface area contributed by atoms with Crippen molar-refractivity contribution in [3.05, 3.63) is 88.0 Å². The second kappa shape index (κ2) is 8.12. The molecule has 0 saturated carbocycles. The van der Waals surface area contributed by atoms with Crippen molar-refractivity contribution >= 4 is 49.3 Å². The van der Waals surface area contributed by atoms with Gasteiger partial charge in [-0.15, -0.1) is 11.3 Å². The quantitative estimate of drug-likeness (QED) is 0.354. The lowest BCUT2D eigenvalue weighted by Gasteiger charge is -2.32. The molecule has 33 heavy (non-hydrogen) atoms. The lowest BCUT2D eigenvalue weighted by Crippen LogP contribution is -2.41. The maximum atomic E-state index is 13.5. The zero-order chi connectivity index (χ0) is 22.4. The van der Waals surface area contributed by atoms with Gasteiger partial charge in [0.25, 0.3) is 0 Å². The van der Waals surface area contributed by atoms with E-state index in [0.717, 1.165) is 40.9 Å². The Labute approximate surface area is 194 Å². The number of carbonyl (C=O) groups excluding carboxylic acids is 1. The van der Waals surface area contributed by atoms with Gasteiger partial charge in [-0.25, -0.2) is 4.98 Å². The van der Waals surface area contributed by atoms with Crippen molar-refractivity contribution in [1.82, 2.24) is 14.5 Å². The Morgan fingerprint density at radius 1 is 0.939 bits per heavy atom. The zero-order valence-corrected chi connectivity index (χ0v) is 18.9. The van der Waals surface area contributed by atoms with Crippen LogP contribution in [0.3, 0.4) is 0 Å². The molecule has 1 atom stereocenters. The second-order valence-corrected chi connectivity index (χ2v) is 9.71. The van der Waals surface area contributed by atoms with Crippen LogP contribution in [-0.4, -0.2) is 33.4 Å². The summed E-state index contributed by atoms with van der Waals surface area (Å²) in [5.74, 6) is 0.349. The average Bonchev–Trinajstić information content (AvgIpc) is 3.31. The number of amides is 1. The summed E-state index contributed by atoms with van der Waals surface area (Å²) in [6, 6.07) is 23.3. The molecule has 0 N–H and O–H groups in total. The molecule has 0 spiro atoms. The number of hydrogen-bond donors (Lipinski definition) is 0. The van der Waals surface area contributed by atoms with Gasteiger partial charge >= 0.3 is 0 Å². The molecule has 6 rings (SSSR count). The number of pyridine rings is 1. The summed E-state index contributed by atoms with van der Waals surface area (Å²) in [7, 11) is 0. The van der Waals surface area contributed by atoms with Gasteiger partial charge in [0.2, 0.25) is 5.91 Å². The summed E-state index contributed by atoms with van der Waals surface area (Å²) in [5.41, 5.74) is 2.65. The molecule has 0 bridgehead atoms. The van der Waals surface area contributed by atoms with Crippen LogP contribution in [0.2, 0.25) is 0 Å².